The first kappa shape index (κ1) is 16.7. The van der Waals surface area contributed by atoms with Gasteiger partial charge in [0.1, 0.15) is 5.75 Å². The van der Waals surface area contributed by atoms with Gasteiger partial charge in [-0.1, -0.05) is 55.8 Å². The van der Waals surface area contributed by atoms with Crippen molar-refractivity contribution >= 4 is 17.3 Å². The Labute approximate surface area is 138 Å². The fraction of sp³-hybridized carbons (Fsp3) is 0.368. The van der Waals surface area contributed by atoms with Gasteiger partial charge in [-0.05, 0) is 42.5 Å². The normalized spacial score (nSPS) is 10.7. The first-order valence-corrected chi connectivity index (χ1v) is 8.23. The molecule has 0 amide bonds. The van der Waals surface area contributed by atoms with Crippen LogP contribution in [-0.2, 0) is 6.42 Å². The number of anilines is 1. The van der Waals surface area contributed by atoms with Crippen molar-refractivity contribution in [2.24, 2.45) is 5.92 Å². The number of para-hydroxylation sites is 2. The smallest absolute Gasteiger partial charge is 0.142 e. The van der Waals surface area contributed by atoms with E-state index in [1.54, 1.807) is 0 Å². The Morgan fingerprint density at radius 3 is 2.55 bits per heavy atom. The van der Waals surface area contributed by atoms with E-state index >= 15 is 0 Å². The summed E-state index contributed by atoms with van der Waals surface area (Å²) in [4.78, 5) is 0. The molecule has 2 aromatic rings. The minimum atomic E-state index is 0.522. The van der Waals surface area contributed by atoms with E-state index < -0.39 is 0 Å². The lowest BCUT2D eigenvalue weighted by atomic mass is 10.1. The van der Waals surface area contributed by atoms with Crippen molar-refractivity contribution in [2.75, 3.05) is 18.5 Å². The minimum Gasteiger partial charge on any atom is -0.491 e. The van der Waals surface area contributed by atoms with E-state index in [9.17, 15) is 0 Å². The Morgan fingerprint density at radius 1 is 1.05 bits per heavy atom. The largest absolute Gasteiger partial charge is 0.491 e. The zero-order chi connectivity index (χ0) is 15.8. The van der Waals surface area contributed by atoms with Crippen LogP contribution in [0.25, 0.3) is 0 Å². The summed E-state index contributed by atoms with van der Waals surface area (Å²) in [7, 11) is 0. The van der Waals surface area contributed by atoms with E-state index in [0.717, 1.165) is 42.5 Å². The zero-order valence-corrected chi connectivity index (χ0v) is 14.1. The maximum absolute atomic E-state index is 6.18. The highest BCUT2D eigenvalue weighted by Crippen LogP contribution is 2.24. The number of ether oxygens (including phenoxy) is 1. The summed E-state index contributed by atoms with van der Waals surface area (Å²) in [5.74, 6) is 1.45. The number of aryl methyl sites for hydroxylation is 1. The number of nitrogens with one attached hydrogen (secondary N) is 1. The molecule has 0 fully saturated rings. The third-order valence-electron chi connectivity index (χ3n) is 3.36. The summed E-state index contributed by atoms with van der Waals surface area (Å²) in [6.07, 6.45) is 2.00. The van der Waals surface area contributed by atoms with Crippen molar-refractivity contribution in [1.82, 2.24) is 0 Å². The molecule has 2 rings (SSSR count). The summed E-state index contributed by atoms with van der Waals surface area (Å²) in [5, 5.41) is 4.31. The lowest BCUT2D eigenvalue weighted by molar-refractivity contribution is 0.272. The Hall–Kier alpha value is -1.67. The molecule has 0 saturated carbocycles. The fourth-order valence-corrected chi connectivity index (χ4v) is 2.43. The van der Waals surface area contributed by atoms with Gasteiger partial charge < -0.3 is 10.1 Å². The van der Waals surface area contributed by atoms with Gasteiger partial charge in [-0.2, -0.15) is 0 Å². The monoisotopic (exact) mass is 317 g/mol. The first-order valence-electron chi connectivity index (χ1n) is 7.86. The van der Waals surface area contributed by atoms with Crippen molar-refractivity contribution in [3.63, 3.8) is 0 Å². The van der Waals surface area contributed by atoms with Crippen molar-refractivity contribution < 1.29 is 4.74 Å². The van der Waals surface area contributed by atoms with E-state index in [0.29, 0.717) is 5.92 Å². The van der Waals surface area contributed by atoms with Gasteiger partial charge in [-0.15, -0.1) is 0 Å². The summed E-state index contributed by atoms with van der Waals surface area (Å²) < 4.78 is 5.85. The molecule has 0 aliphatic heterocycles. The molecule has 1 N–H and O–H groups in total. The van der Waals surface area contributed by atoms with Crippen molar-refractivity contribution in [1.29, 1.82) is 0 Å². The van der Waals surface area contributed by atoms with Crippen LogP contribution in [0.2, 0.25) is 5.02 Å². The first-order chi connectivity index (χ1) is 10.7. The Balaban J connectivity index is 1.83. The van der Waals surface area contributed by atoms with E-state index in [2.05, 4.69) is 31.3 Å². The maximum Gasteiger partial charge on any atom is 0.142 e. The van der Waals surface area contributed by atoms with Gasteiger partial charge >= 0.3 is 0 Å². The molecule has 3 heteroatoms. The molecule has 22 heavy (non-hydrogen) atoms. The summed E-state index contributed by atoms with van der Waals surface area (Å²) in [6.45, 7) is 5.94. The average molecular weight is 318 g/mol. The molecular weight excluding hydrogens is 294 g/mol. The van der Waals surface area contributed by atoms with Gasteiger partial charge in [0, 0.05) is 11.6 Å². The number of halogens is 1. The molecule has 0 saturated heterocycles. The molecule has 0 bridgehead atoms. The summed E-state index contributed by atoms with van der Waals surface area (Å²) in [6, 6.07) is 16.1. The van der Waals surface area contributed by atoms with Crippen LogP contribution in [-0.4, -0.2) is 13.2 Å². The SMILES string of the molecule is CC(C)COc1ccccc1NCCCc1ccccc1Cl. The third-order valence-corrected chi connectivity index (χ3v) is 3.72. The lowest BCUT2D eigenvalue weighted by Gasteiger charge is -2.14. The van der Waals surface area contributed by atoms with Gasteiger partial charge in [0.2, 0.25) is 0 Å². The molecule has 0 spiro atoms. The fourth-order valence-electron chi connectivity index (χ4n) is 2.20. The van der Waals surface area contributed by atoms with Crippen LogP contribution < -0.4 is 10.1 Å². The second-order valence-electron chi connectivity index (χ2n) is 5.82. The quantitative estimate of drug-likeness (QED) is 0.656. The Kier molecular flexibility index (Phi) is 6.60. The molecular formula is C19H24ClNO. The molecule has 0 unspecified atom stereocenters. The van der Waals surface area contributed by atoms with Crippen LogP contribution in [0.4, 0.5) is 5.69 Å². The molecule has 2 aromatic carbocycles. The highest BCUT2D eigenvalue weighted by molar-refractivity contribution is 6.31. The van der Waals surface area contributed by atoms with Gasteiger partial charge in [-0.3, -0.25) is 0 Å². The van der Waals surface area contributed by atoms with E-state index in [1.165, 1.54) is 5.56 Å². The molecule has 0 heterocycles. The predicted octanol–water partition coefficient (Wildman–Crippen LogP) is 5.42. The number of rotatable bonds is 8. The third kappa shape index (κ3) is 5.27. The highest BCUT2D eigenvalue weighted by Gasteiger charge is 2.04. The zero-order valence-electron chi connectivity index (χ0n) is 13.3. The van der Waals surface area contributed by atoms with Crippen molar-refractivity contribution in [3.8, 4) is 5.75 Å². The van der Waals surface area contributed by atoms with Crippen LogP contribution in [0.15, 0.2) is 48.5 Å². The Bertz CT molecular complexity index is 583. The standard InChI is InChI=1S/C19H24ClNO/c1-15(2)14-22-19-12-6-5-11-18(19)21-13-7-9-16-8-3-4-10-17(16)20/h3-6,8,10-12,15,21H,7,9,13-14H2,1-2H3. The van der Waals surface area contributed by atoms with Crippen LogP contribution in [0.5, 0.6) is 5.75 Å². The molecule has 118 valence electrons. The summed E-state index contributed by atoms with van der Waals surface area (Å²) >= 11 is 6.18. The highest BCUT2D eigenvalue weighted by atomic mass is 35.5. The molecule has 0 aliphatic rings. The second-order valence-corrected chi connectivity index (χ2v) is 6.23. The maximum atomic E-state index is 6.18. The van der Waals surface area contributed by atoms with E-state index in [-0.39, 0.29) is 0 Å². The predicted molar refractivity (Wildman–Crippen MR) is 95.0 cm³/mol. The van der Waals surface area contributed by atoms with E-state index in [4.69, 9.17) is 16.3 Å². The average Bonchev–Trinajstić information content (AvgIpc) is 2.52. The lowest BCUT2D eigenvalue weighted by Crippen LogP contribution is -2.08. The minimum absolute atomic E-state index is 0.522. The van der Waals surface area contributed by atoms with Gasteiger partial charge in [0.15, 0.2) is 0 Å². The molecule has 0 aliphatic carbocycles. The molecule has 0 aromatic heterocycles. The molecule has 0 radical (unpaired) electrons. The summed E-state index contributed by atoms with van der Waals surface area (Å²) in [5.41, 5.74) is 2.26. The number of hydrogen-bond acceptors (Lipinski definition) is 2. The Morgan fingerprint density at radius 2 is 1.77 bits per heavy atom. The van der Waals surface area contributed by atoms with Gasteiger partial charge in [-0.25, -0.2) is 0 Å². The van der Waals surface area contributed by atoms with Crippen LogP contribution in [0.3, 0.4) is 0 Å². The van der Waals surface area contributed by atoms with Crippen LogP contribution in [0.1, 0.15) is 25.8 Å². The van der Waals surface area contributed by atoms with E-state index in [1.807, 2.05) is 36.4 Å². The van der Waals surface area contributed by atoms with Gasteiger partial charge in [0.05, 0.1) is 12.3 Å². The number of hydrogen-bond donors (Lipinski definition) is 1. The molecule has 0 atom stereocenters. The van der Waals surface area contributed by atoms with Crippen molar-refractivity contribution in [3.05, 3.63) is 59.1 Å². The topological polar surface area (TPSA) is 21.3 Å². The van der Waals surface area contributed by atoms with Crippen LogP contribution in [0, 0.1) is 5.92 Å². The number of benzene rings is 2. The second kappa shape index (κ2) is 8.70. The van der Waals surface area contributed by atoms with Crippen molar-refractivity contribution in [2.45, 2.75) is 26.7 Å². The molecule has 2 nitrogen and oxygen atoms in total. The van der Waals surface area contributed by atoms with Crippen LogP contribution >= 0.6 is 11.6 Å². The van der Waals surface area contributed by atoms with Gasteiger partial charge in [0.25, 0.3) is 0 Å².